The molecule has 0 unspecified atom stereocenters. The number of hydrogen-bond donors (Lipinski definition) is 1. The van der Waals surface area contributed by atoms with E-state index in [0.29, 0.717) is 21.8 Å². The fourth-order valence-electron chi connectivity index (χ4n) is 3.62. The van der Waals surface area contributed by atoms with Crippen molar-refractivity contribution in [1.29, 1.82) is 0 Å². The van der Waals surface area contributed by atoms with Crippen LogP contribution in [0.25, 0.3) is 22.1 Å². The zero-order valence-corrected chi connectivity index (χ0v) is 18.0. The van der Waals surface area contributed by atoms with E-state index in [1.807, 2.05) is 36.4 Å². The van der Waals surface area contributed by atoms with Crippen LogP contribution in [0.2, 0.25) is 5.02 Å². The number of nitrogens with one attached hydrogen (secondary N) is 1. The van der Waals surface area contributed by atoms with Crippen LogP contribution in [0.15, 0.2) is 87.2 Å². The molecular weight excluding hydrogens is 444 g/mol. The predicted molar refractivity (Wildman–Crippen MR) is 126 cm³/mol. The lowest BCUT2D eigenvalue weighted by Gasteiger charge is -2.11. The van der Waals surface area contributed by atoms with Crippen molar-refractivity contribution in [1.82, 2.24) is 14.1 Å². The van der Waals surface area contributed by atoms with E-state index >= 15 is 0 Å². The molecule has 0 radical (unpaired) electrons. The third-order valence-corrected chi connectivity index (χ3v) is 5.60. The van der Waals surface area contributed by atoms with Crippen LogP contribution in [0, 0.1) is 0 Å². The van der Waals surface area contributed by atoms with E-state index in [2.05, 4.69) is 10.3 Å². The highest BCUT2D eigenvalue weighted by Crippen LogP contribution is 2.24. The monoisotopic (exact) mass is 460 g/mol. The van der Waals surface area contributed by atoms with Gasteiger partial charge in [-0.25, -0.2) is 4.98 Å². The Morgan fingerprint density at radius 2 is 1.79 bits per heavy atom. The average molecular weight is 461 g/mol. The van der Waals surface area contributed by atoms with Gasteiger partial charge in [-0.3, -0.25) is 19.0 Å². The quantitative estimate of drug-likeness (QED) is 0.431. The molecule has 0 aliphatic rings. The second-order valence-electron chi connectivity index (χ2n) is 7.48. The lowest BCUT2D eigenvalue weighted by molar-refractivity contribution is -0.116. The molecule has 1 amide bonds. The maximum Gasteiger partial charge on any atom is 0.297 e. The van der Waals surface area contributed by atoms with Crippen molar-refractivity contribution in [2.24, 2.45) is 0 Å². The van der Waals surface area contributed by atoms with Crippen LogP contribution in [0.3, 0.4) is 0 Å². The Morgan fingerprint density at radius 1 is 1.00 bits per heavy atom. The molecule has 0 atom stereocenters. The maximum atomic E-state index is 12.8. The Balaban J connectivity index is 1.37. The minimum atomic E-state index is -0.449. The molecule has 0 fully saturated rings. The first-order chi connectivity index (χ1) is 16.0. The van der Waals surface area contributed by atoms with Crippen LogP contribution in [0.5, 0.6) is 0 Å². The number of fused-ring (bicyclic) bond motifs is 3. The van der Waals surface area contributed by atoms with E-state index in [4.69, 9.17) is 16.0 Å². The zero-order valence-electron chi connectivity index (χ0n) is 17.2. The van der Waals surface area contributed by atoms with E-state index in [9.17, 15) is 14.4 Å². The number of carbonyl (C=O) groups excluding carboxylic acids is 1. The largest absolute Gasteiger partial charge is 0.448 e. The Morgan fingerprint density at radius 3 is 2.64 bits per heavy atom. The minimum Gasteiger partial charge on any atom is -0.448 e. The van der Waals surface area contributed by atoms with Gasteiger partial charge in [-0.1, -0.05) is 41.9 Å². The van der Waals surface area contributed by atoms with Gasteiger partial charge in [0.2, 0.25) is 11.5 Å². The molecule has 5 rings (SSSR count). The average Bonchev–Trinajstić information content (AvgIpc) is 3.19. The smallest absolute Gasteiger partial charge is 0.297 e. The van der Waals surface area contributed by atoms with E-state index < -0.39 is 11.5 Å². The van der Waals surface area contributed by atoms with E-state index in [1.54, 1.807) is 12.1 Å². The van der Waals surface area contributed by atoms with Crippen molar-refractivity contribution in [3.63, 3.8) is 0 Å². The van der Waals surface area contributed by atoms with Crippen molar-refractivity contribution < 1.29 is 9.21 Å². The minimum absolute atomic E-state index is 0.0970. The second-order valence-corrected chi connectivity index (χ2v) is 7.88. The van der Waals surface area contributed by atoms with Gasteiger partial charge in [-0.2, -0.15) is 0 Å². The third kappa shape index (κ3) is 4.04. The van der Waals surface area contributed by atoms with Crippen LogP contribution >= 0.6 is 11.6 Å². The van der Waals surface area contributed by atoms with Gasteiger partial charge < -0.3 is 14.3 Å². The molecule has 8 nitrogen and oxygen atoms in total. The number of furan rings is 1. The molecule has 0 spiro atoms. The first-order valence-electron chi connectivity index (χ1n) is 10.1. The van der Waals surface area contributed by atoms with Gasteiger partial charge in [0, 0.05) is 22.7 Å². The maximum absolute atomic E-state index is 12.8. The van der Waals surface area contributed by atoms with Crippen molar-refractivity contribution in [2.75, 3.05) is 5.32 Å². The number of aromatic nitrogens is 3. The fourth-order valence-corrected chi connectivity index (χ4v) is 3.82. The Bertz CT molecular complexity index is 1630. The van der Waals surface area contributed by atoms with Gasteiger partial charge >= 0.3 is 0 Å². The van der Waals surface area contributed by atoms with Crippen molar-refractivity contribution in [2.45, 2.75) is 13.1 Å². The molecule has 5 aromatic rings. The fraction of sp³-hybridized carbons (Fsp3) is 0.0833. The summed E-state index contributed by atoms with van der Waals surface area (Å²) in [5.41, 5.74) is 1.62. The van der Waals surface area contributed by atoms with Crippen molar-refractivity contribution in [3.05, 3.63) is 104 Å². The summed E-state index contributed by atoms with van der Waals surface area (Å²) in [4.78, 5) is 42.0. The highest BCUT2D eigenvalue weighted by molar-refractivity contribution is 6.31. The van der Waals surface area contributed by atoms with E-state index in [-0.39, 0.29) is 24.2 Å². The van der Waals surface area contributed by atoms with Gasteiger partial charge in [0.05, 0.1) is 18.6 Å². The van der Waals surface area contributed by atoms with Crippen molar-refractivity contribution in [3.8, 4) is 0 Å². The van der Waals surface area contributed by atoms with Gasteiger partial charge in [-0.05, 0) is 29.8 Å². The molecule has 9 heteroatoms. The zero-order chi connectivity index (χ0) is 22.9. The number of carbonyl (C=O) groups is 1. The van der Waals surface area contributed by atoms with E-state index in [0.717, 1.165) is 10.9 Å². The predicted octanol–water partition coefficient (Wildman–Crippen LogP) is 3.64. The Kier molecular flexibility index (Phi) is 5.27. The van der Waals surface area contributed by atoms with Gasteiger partial charge in [0.1, 0.15) is 17.6 Å². The summed E-state index contributed by atoms with van der Waals surface area (Å²) < 4.78 is 8.27. The van der Waals surface area contributed by atoms with Crippen LogP contribution in [-0.2, 0) is 17.9 Å². The first-order valence-corrected chi connectivity index (χ1v) is 10.5. The summed E-state index contributed by atoms with van der Waals surface area (Å²) in [7, 11) is 0. The Labute approximate surface area is 191 Å². The number of amides is 1. The summed E-state index contributed by atoms with van der Waals surface area (Å²) in [6.45, 7) is -0.00320. The standard InChI is InChI=1S/C24H17ClN4O4/c25-18-7-3-1-5-15(18)11-28-12-16(9-10-21(28)31)27-20(30)13-29-14-26-22-17-6-2-4-8-19(17)33-23(22)24(29)32/h1-10,12,14H,11,13H2,(H,27,30). The number of nitrogens with zero attached hydrogens (tertiary/aromatic N) is 3. The third-order valence-electron chi connectivity index (χ3n) is 5.23. The molecule has 0 saturated carbocycles. The summed E-state index contributed by atoms with van der Waals surface area (Å²) in [6.07, 6.45) is 2.86. The lowest BCUT2D eigenvalue weighted by Crippen LogP contribution is -2.28. The molecule has 0 aliphatic heterocycles. The van der Waals surface area contributed by atoms with Crippen molar-refractivity contribution >= 4 is 45.3 Å². The van der Waals surface area contributed by atoms with Crippen LogP contribution < -0.4 is 16.4 Å². The highest BCUT2D eigenvalue weighted by atomic mass is 35.5. The number of halogens is 1. The van der Waals surface area contributed by atoms with Crippen LogP contribution in [0.1, 0.15) is 5.56 Å². The number of pyridine rings is 1. The number of rotatable bonds is 5. The number of para-hydroxylation sites is 1. The first kappa shape index (κ1) is 20.7. The summed E-state index contributed by atoms with van der Waals surface area (Å²) in [6, 6.07) is 17.3. The number of hydrogen-bond acceptors (Lipinski definition) is 5. The van der Waals surface area contributed by atoms with Crippen LogP contribution in [-0.4, -0.2) is 20.0 Å². The summed E-state index contributed by atoms with van der Waals surface area (Å²) >= 11 is 6.19. The molecule has 3 aromatic heterocycles. The molecule has 0 bridgehead atoms. The summed E-state index contributed by atoms with van der Waals surface area (Å²) in [5.74, 6) is -0.447. The van der Waals surface area contributed by atoms with Crippen LogP contribution in [0.4, 0.5) is 5.69 Å². The van der Waals surface area contributed by atoms with E-state index in [1.165, 1.54) is 33.8 Å². The van der Waals surface area contributed by atoms with Gasteiger partial charge in [0.25, 0.3) is 11.1 Å². The molecule has 164 valence electrons. The molecule has 2 aromatic carbocycles. The molecule has 0 aliphatic carbocycles. The number of benzene rings is 2. The lowest BCUT2D eigenvalue weighted by atomic mass is 10.2. The second kappa shape index (κ2) is 8.40. The molecule has 0 saturated heterocycles. The topological polar surface area (TPSA) is 99.1 Å². The Hall–Kier alpha value is -4.17. The van der Waals surface area contributed by atoms with Gasteiger partial charge in [0.15, 0.2) is 0 Å². The molecular formula is C24H17ClN4O4. The molecule has 1 N–H and O–H groups in total. The highest BCUT2D eigenvalue weighted by Gasteiger charge is 2.15. The van der Waals surface area contributed by atoms with Gasteiger partial charge in [-0.15, -0.1) is 0 Å². The SMILES string of the molecule is O=C(Cn1cnc2c(oc3ccccc32)c1=O)Nc1ccc(=O)n(Cc2ccccc2Cl)c1. The normalized spacial score (nSPS) is 11.2. The number of anilines is 1. The molecule has 33 heavy (non-hydrogen) atoms. The summed E-state index contributed by atoms with van der Waals surface area (Å²) in [5, 5.41) is 4.00. The molecule has 3 heterocycles.